The minimum atomic E-state index is -0.656. The molecule has 0 fully saturated rings. The maximum absolute atomic E-state index is 12.4. The van der Waals surface area contributed by atoms with Gasteiger partial charge in [-0.15, -0.1) is 0 Å². The van der Waals surface area contributed by atoms with Gasteiger partial charge in [0.1, 0.15) is 0 Å². The van der Waals surface area contributed by atoms with Gasteiger partial charge in [0.25, 0.3) is 0 Å². The summed E-state index contributed by atoms with van der Waals surface area (Å²) in [6, 6.07) is -0.533. The molecule has 0 aromatic rings. The maximum Gasteiger partial charge on any atom is 0.220 e. The lowest BCUT2D eigenvalue weighted by molar-refractivity contribution is -0.123. The van der Waals surface area contributed by atoms with Crippen LogP contribution in [-0.4, -0.2) is 34.9 Å². The van der Waals surface area contributed by atoms with Gasteiger partial charge in [-0.25, -0.2) is 0 Å². The zero-order chi connectivity index (χ0) is 37.1. The van der Waals surface area contributed by atoms with Gasteiger partial charge in [-0.3, -0.25) is 4.79 Å². The molecule has 0 aliphatic rings. The number of unbranched alkanes of at least 4 members (excludes halogenated alkanes) is 34. The van der Waals surface area contributed by atoms with Crippen LogP contribution in [0.25, 0.3) is 0 Å². The summed E-state index contributed by atoms with van der Waals surface area (Å²) in [7, 11) is 0. The molecule has 1 amide bonds. The van der Waals surface area contributed by atoms with E-state index in [4.69, 9.17) is 0 Å². The fourth-order valence-electron chi connectivity index (χ4n) is 7.42. The molecule has 0 aliphatic heterocycles. The van der Waals surface area contributed by atoms with E-state index in [1.165, 1.54) is 212 Å². The van der Waals surface area contributed by atoms with Crippen LogP contribution in [0.2, 0.25) is 0 Å². The number of aliphatic hydroxyl groups excluding tert-OH is 2. The molecule has 3 N–H and O–H groups in total. The van der Waals surface area contributed by atoms with E-state index in [1.54, 1.807) is 0 Å². The van der Waals surface area contributed by atoms with E-state index in [1.807, 2.05) is 0 Å². The first-order valence-electron chi connectivity index (χ1n) is 23.4. The number of aliphatic hydroxyl groups is 2. The molecule has 0 radical (unpaired) electrons. The van der Waals surface area contributed by atoms with Crippen LogP contribution < -0.4 is 5.32 Å². The minimum Gasteiger partial charge on any atom is -0.394 e. The Kier molecular flexibility index (Phi) is 42.8. The number of hydrogen-bond acceptors (Lipinski definition) is 3. The highest BCUT2D eigenvalue weighted by atomic mass is 16.3. The Hall–Kier alpha value is -0.870. The second-order valence-corrected chi connectivity index (χ2v) is 16.2. The smallest absolute Gasteiger partial charge is 0.220 e. The predicted octanol–water partition coefficient (Wildman–Crippen LogP) is 14.6. The van der Waals surface area contributed by atoms with Crippen molar-refractivity contribution in [1.29, 1.82) is 0 Å². The third-order valence-electron chi connectivity index (χ3n) is 11.0. The van der Waals surface area contributed by atoms with Crippen molar-refractivity contribution in [2.24, 2.45) is 0 Å². The van der Waals surface area contributed by atoms with Crippen LogP contribution in [0.1, 0.15) is 264 Å². The fourth-order valence-corrected chi connectivity index (χ4v) is 7.42. The first kappa shape index (κ1) is 50.1. The average Bonchev–Trinajstić information content (AvgIpc) is 3.13. The second kappa shape index (κ2) is 43.5. The molecule has 0 saturated heterocycles. The Labute approximate surface area is 320 Å². The van der Waals surface area contributed by atoms with Crippen LogP contribution in [-0.2, 0) is 4.79 Å². The Balaban J connectivity index is 3.47. The molecule has 0 heterocycles. The Morgan fingerprint density at radius 1 is 0.451 bits per heavy atom. The highest BCUT2D eigenvalue weighted by molar-refractivity contribution is 5.76. The number of allylic oxidation sites excluding steroid dienone is 2. The van der Waals surface area contributed by atoms with E-state index in [0.29, 0.717) is 12.8 Å². The molecule has 2 atom stereocenters. The molecular formula is C47H93NO3. The fraction of sp³-hybridized carbons (Fsp3) is 0.936. The van der Waals surface area contributed by atoms with Crippen molar-refractivity contribution in [2.45, 2.75) is 276 Å². The molecule has 0 saturated carbocycles. The molecule has 0 aromatic heterocycles. The first-order chi connectivity index (χ1) is 25.2. The number of nitrogens with one attached hydrogen (secondary N) is 1. The highest BCUT2D eigenvalue weighted by Crippen LogP contribution is 2.16. The van der Waals surface area contributed by atoms with Crippen LogP contribution >= 0.6 is 0 Å². The summed E-state index contributed by atoms with van der Waals surface area (Å²) in [6.45, 7) is 4.38. The summed E-state index contributed by atoms with van der Waals surface area (Å²) in [5.41, 5.74) is 0. The van der Waals surface area contributed by atoms with Gasteiger partial charge in [-0.2, -0.15) is 0 Å². The monoisotopic (exact) mass is 720 g/mol. The summed E-state index contributed by atoms with van der Waals surface area (Å²) >= 11 is 0. The van der Waals surface area contributed by atoms with Gasteiger partial charge in [0, 0.05) is 6.42 Å². The van der Waals surface area contributed by atoms with Crippen molar-refractivity contribution in [2.75, 3.05) is 6.61 Å². The van der Waals surface area contributed by atoms with Crippen molar-refractivity contribution in [3.63, 3.8) is 0 Å². The number of amides is 1. The Morgan fingerprint density at radius 3 is 1.08 bits per heavy atom. The number of hydrogen-bond donors (Lipinski definition) is 3. The minimum absolute atomic E-state index is 0.0286. The normalized spacial score (nSPS) is 12.9. The first-order valence-corrected chi connectivity index (χ1v) is 23.4. The van der Waals surface area contributed by atoms with Crippen LogP contribution in [0.5, 0.6) is 0 Å². The van der Waals surface area contributed by atoms with Gasteiger partial charge in [0.05, 0.1) is 18.8 Å². The van der Waals surface area contributed by atoms with Gasteiger partial charge in [0.15, 0.2) is 0 Å². The van der Waals surface area contributed by atoms with Crippen molar-refractivity contribution in [3.05, 3.63) is 12.2 Å². The van der Waals surface area contributed by atoms with E-state index >= 15 is 0 Å². The summed E-state index contributed by atoms with van der Waals surface area (Å²) in [5.74, 6) is -0.0286. The standard InChI is InChI=1S/C47H93NO3/c1-3-5-7-9-11-13-15-17-19-21-22-23-24-25-26-27-29-31-33-35-37-39-41-43-47(51)48-45(44-49)46(50)42-40-38-36-34-32-30-28-20-18-16-14-12-10-8-6-4-2/h21-22,45-46,49-50H,3-20,23-44H2,1-2H3,(H,48,51)/b22-21-. The quantitative estimate of drug-likeness (QED) is 0.0434. The average molecular weight is 720 g/mol. The van der Waals surface area contributed by atoms with E-state index < -0.39 is 12.1 Å². The molecule has 4 heteroatoms. The lowest BCUT2D eigenvalue weighted by Crippen LogP contribution is -2.45. The molecule has 0 rings (SSSR count). The molecule has 304 valence electrons. The Morgan fingerprint density at radius 2 is 0.745 bits per heavy atom. The second-order valence-electron chi connectivity index (χ2n) is 16.2. The van der Waals surface area contributed by atoms with E-state index in [-0.39, 0.29) is 12.5 Å². The number of carbonyl (C=O) groups excluding carboxylic acids is 1. The van der Waals surface area contributed by atoms with Crippen molar-refractivity contribution >= 4 is 5.91 Å². The Bertz CT molecular complexity index is 695. The van der Waals surface area contributed by atoms with Gasteiger partial charge >= 0.3 is 0 Å². The van der Waals surface area contributed by atoms with Crippen LogP contribution in [0.15, 0.2) is 12.2 Å². The third kappa shape index (κ3) is 40.2. The topological polar surface area (TPSA) is 69.6 Å². The van der Waals surface area contributed by atoms with Gasteiger partial charge in [0.2, 0.25) is 5.91 Å². The summed E-state index contributed by atoms with van der Waals surface area (Å²) < 4.78 is 0. The van der Waals surface area contributed by atoms with E-state index in [2.05, 4.69) is 31.3 Å². The molecule has 51 heavy (non-hydrogen) atoms. The summed E-state index contributed by atoms with van der Waals surface area (Å²) in [4.78, 5) is 12.4. The van der Waals surface area contributed by atoms with Crippen LogP contribution in [0, 0.1) is 0 Å². The van der Waals surface area contributed by atoms with Gasteiger partial charge < -0.3 is 15.5 Å². The number of rotatable bonds is 43. The lowest BCUT2D eigenvalue weighted by Gasteiger charge is -2.22. The van der Waals surface area contributed by atoms with Crippen molar-refractivity contribution in [1.82, 2.24) is 5.32 Å². The number of carbonyl (C=O) groups is 1. The molecule has 2 unspecified atom stereocenters. The maximum atomic E-state index is 12.4. The molecule has 4 nitrogen and oxygen atoms in total. The zero-order valence-corrected chi connectivity index (χ0v) is 34.9. The van der Waals surface area contributed by atoms with Gasteiger partial charge in [-0.05, 0) is 38.5 Å². The van der Waals surface area contributed by atoms with Crippen LogP contribution in [0.4, 0.5) is 0 Å². The van der Waals surface area contributed by atoms with E-state index in [0.717, 1.165) is 25.7 Å². The largest absolute Gasteiger partial charge is 0.394 e. The summed E-state index contributed by atoms with van der Waals surface area (Å²) in [6.07, 6.45) is 54.4. The molecule has 0 bridgehead atoms. The molecule has 0 spiro atoms. The molecular weight excluding hydrogens is 627 g/mol. The van der Waals surface area contributed by atoms with Gasteiger partial charge in [-0.1, -0.05) is 231 Å². The van der Waals surface area contributed by atoms with Crippen LogP contribution in [0.3, 0.4) is 0 Å². The molecule has 0 aromatic carbocycles. The zero-order valence-electron chi connectivity index (χ0n) is 34.9. The summed E-state index contributed by atoms with van der Waals surface area (Å²) in [5, 5.41) is 23.2. The SMILES string of the molecule is CCCCCCCCCC/C=C\CCCCCCCCCCCCCC(=O)NC(CO)C(O)CCCCCCCCCCCCCCCCCC. The predicted molar refractivity (Wildman–Crippen MR) is 226 cm³/mol. The molecule has 0 aliphatic carbocycles. The van der Waals surface area contributed by atoms with Crippen molar-refractivity contribution in [3.8, 4) is 0 Å². The highest BCUT2D eigenvalue weighted by Gasteiger charge is 2.20. The lowest BCUT2D eigenvalue weighted by atomic mass is 10.0. The van der Waals surface area contributed by atoms with E-state index in [9.17, 15) is 15.0 Å². The van der Waals surface area contributed by atoms with Crippen molar-refractivity contribution < 1.29 is 15.0 Å². The third-order valence-corrected chi connectivity index (χ3v) is 11.0.